The van der Waals surface area contributed by atoms with Crippen LogP contribution in [0.25, 0.3) is 5.57 Å². The van der Waals surface area contributed by atoms with Crippen molar-refractivity contribution in [3.8, 4) is 24.3 Å². The summed E-state index contributed by atoms with van der Waals surface area (Å²) < 4.78 is 6.29. The van der Waals surface area contributed by atoms with Gasteiger partial charge in [0, 0.05) is 12.5 Å². The van der Waals surface area contributed by atoms with Crippen LogP contribution in [-0.4, -0.2) is 6.61 Å². The first-order valence-corrected chi connectivity index (χ1v) is 9.69. The third-order valence-electron chi connectivity index (χ3n) is 6.49. The Kier molecular flexibility index (Phi) is 4.44. The zero-order valence-electron chi connectivity index (χ0n) is 16.5. The lowest BCUT2D eigenvalue weighted by Gasteiger charge is -2.49. The highest BCUT2D eigenvalue weighted by Gasteiger charge is 2.74. The van der Waals surface area contributed by atoms with E-state index in [4.69, 9.17) is 4.74 Å². The molecule has 5 heteroatoms. The quantitative estimate of drug-likeness (QED) is 0.756. The summed E-state index contributed by atoms with van der Waals surface area (Å²) in [7, 11) is 0. The number of hydrogen-bond acceptors (Lipinski definition) is 5. The smallest absolute Gasteiger partial charge is 0.212 e. The van der Waals surface area contributed by atoms with Gasteiger partial charge in [-0.25, -0.2) is 0 Å². The molecule has 0 amide bonds. The van der Waals surface area contributed by atoms with Crippen LogP contribution in [-0.2, 0) is 10.3 Å². The second-order valence-electron chi connectivity index (χ2n) is 7.71. The topological polar surface area (TPSA) is 104 Å². The van der Waals surface area contributed by atoms with Gasteiger partial charge in [0.1, 0.15) is 5.60 Å². The van der Waals surface area contributed by atoms with E-state index < -0.39 is 22.3 Å². The molecular weight excluding hydrogens is 372 g/mol. The first-order valence-electron chi connectivity index (χ1n) is 9.69. The van der Waals surface area contributed by atoms with Crippen LogP contribution in [0.3, 0.4) is 0 Å². The lowest BCUT2D eigenvalue weighted by Crippen LogP contribution is -2.58. The third-order valence-corrected chi connectivity index (χ3v) is 6.49. The minimum absolute atomic E-state index is 0.224. The summed E-state index contributed by atoms with van der Waals surface area (Å²) >= 11 is 0. The summed E-state index contributed by atoms with van der Waals surface area (Å²) in [5, 5.41) is 41.3. The lowest BCUT2D eigenvalue weighted by molar-refractivity contribution is -0.0726. The summed E-state index contributed by atoms with van der Waals surface area (Å²) in [6.45, 7) is 2.19. The molecule has 2 heterocycles. The molecule has 1 saturated heterocycles. The van der Waals surface area contributed by atoms with E-state index in [9.17, 15) is 21.0 Å². The zero-order valence-corrected chi connectivity index (χ0v) is 16.5. The van der Waals surface area contributed by atoms with E-state index in [0.717, 1.165) is 16.7 Å². The lowest BCUT2D eigenvalue weighted by atomic mass is 9.47. The minimum Gasteiger partial charge on any atom is -0.363 e. The summed E-state index contributed by atoms with van der Waals surface area (Å²) in [4.78, 5) is 0. The van der Waals surface area contributed by atoms with Crippen molar-refractivity contribution in [3.63, 3.8) is 0 Å². The van der Waals surface area contributed by atoms with Gasteiger partial charge in [-0.3, -0.25) is 0 Å². The number of fused-ring (bicyclic) bond motifs is 3. The predicted octanol–water partition coefficient (Wildman–Crippen LogP) is 4.39. The molecule has 0 radical (unpaired) electrons. The fourth-order valence-electron chi connectivity index (χ4n) is 5.02. The Morgan fingerprint density at radius 3 is 2.10 bits per heavy atom. The summed E-state index contributed by atoms with van der Waals surface area (Å²) in [6, 6.07) is 25.1. The predicted molar refractivity (Wildman–Crippen MR) is 109 cm³/mol. The number of nitriles is 4. The molecule has 0 unspecified atom stereocenters. The number of hydrogen-bond donors (Lipinski definition) is 0. The Balaban J connectivity index is 2.20. The van der Waals surface area contributed by atoms with Gasteiger partial charge in [-0.1, -0.05) is 54.6 Å². The van der Waals surface area contributed by atoms with Crippen LogP contribution in [0.4, 0.5) is 0 Å². The van der Waals surface area contributed by atoms with Crippen molar-refractivity contribution in [1.29, 1.82) is 21.0 Å². The van der Waals surface area contributed by atoms with Crippen molar-refractivity contribution in [2.24, 2.45) is 16.7 Å². The minimum atomic E-state index is -2.03. The van der Waals surface area contributed by atoms with Crippen molar-refractivity contribution in [3.05, 3.63) is 77.4 Å². The number of ether oxygens (including phenoxy) is 1. The van der Waals surface area contributed by atoms with E-state index in [1.54, 1.807) is 24.3 Å². The molecule has 5 rings (SSSR count). The van der Waals surface area contributed by atoms with E-state index in [1.165, 1.54) is 0 Å². The molecule has 0 saturated carbocycles. The molecule has 2 atom stereocenters. The van der Waals surface area contributed by atoms with Crippen LogP contribution < -0.4 is 0 Å². The average Bonchev–Trinajstić information content (AvgIpc) is 3.07. The monoisotopic (exact) mass is 390 g/mol. The van der Waals surface area contributed by atoms with E-state index in [-0.39, 0.29) is 6.61 Å². The molecule has 1 aliphatic carbocycles. The van der Waals surface area contributed by atoms with Gasteiger partial charge in [-0.15, -0.1) is 0 Å². The van der Waals surface area contributed by atoms with Crippen LogP contribution in [0.1, 0.15) is 23.1 Å². The molecule has 2 aliphatic heterocycles. The Morgan fingerprint density at radius 2 is 1.50 bits per heavy atom. The molecule has 0 spiro atoms. The first-order chi connectivity index (χ1) is 14.6. The highest BCUT2D eigenvalue weighted by atomic mass is 16.5. The Bertz CT molecular complexity index is 1170. The van der Waals surface area contributed by atoms with Gasteiger partial charge < -0.3 is 4.74 Å². The number of allylic oxidation sites excluding steroid dienone is 1. The Hall–Kier alpha value is -3.90. The van der Waals surface area contributed by atoms with Crippen molar-refractivity contribution < 1.29 is 4.74 Å². The molecule has 30 heavy (non-hydrogen) atoms. The first kappa shape index (κ1) is 19.4. The zero-order chi connectivity index (χ0) is 21.4. The molecule has 5 nitrogen and oxygen atoms in total. The van der Waals surface area contributed by atoms with Gasteiger partial charge in [0.25, 0.3) is 0 Å². The third kappa shape index (κ3) is 2.16. The highest BCUT2D eigenvalue weighted by molar-refractivity contribution is 5.77. The molecule has 0 aromatic heterocycles. The standard InChI is InChI=1S/C25H18N4O/c1-18-7-5-6-10-20(18)21-13-25(19-8-3-2-4-9-19)24(16-28,17-29)23(14-26,15-27)22(21)11-12-30-25/h2-10,13,22H,11-12H2,1H3/t22-,25-/m1/s1. The normalized spacial score (nSPS) is 25.5. The maximum absolute atomic E-state index is 10.3. The highest BCUT2D eigenvalue weighted by Crippen LogP contribution is 2.66. The van der Waals surface area contributed by atoms with Gasteiger partial charge in [-0.05, 0) is 41.7 Å². The summed E-state index contributed by atoms with van der Waals surface area (Å²) in [5.74, 6) is -0.632. The van der Waals surface area contributed by atoms with Crippen LogP contribution in [0.15, 0.2) is 60.7 Å². The molecule has 1 fully saturated rings. The number of aryl methyl sites for hydroxylation is 1. The Morgan fingerprint density at radius 1 is 0.867 bits per heavy atom. The van der Waals surface area contributed by atoms with Crippen molar-refractivity contribution >= 4 is 5.57 Å². The Labute approximate surface area is 175 Å². The molecule has 3 aliphatic rings. The molecule has 2 aromatic carbocycles. The fraction of sp³-hybridized carbons (Fsp3) is 0.280. The van der Waals surface area contributed by atoms with Gasteiger partial charge in [0.2, 0.25) is 5.41 Å². The van der Waals surface area contributed by atoms with Crippen LogP contribution >= 0.6 is 0 Å². The molecule has 0 N–H and O–H groups in total. The van der Waals surface area contributed by atoms with E-state index in [1.807, 2.05) is 43.3 Å². The largest absolute Gasteiger partial charge is 0.363 e. The molecule has 2 aromatic rings. The van der Waals surface area contributed by atoms with Gasteiger partial charge in [-0.2, -0.15) is 21.0 Å². The average molecular weight is 390 g/mol. The van der Waals surface area contributed by atoms with Crippen LogP contribution in [0.5, 0.6) is 0 Å². The van der Waals surface area contributed by atoms with Crippen LogP contribution in [0.2, 0.25) is 0 Å². The maximum Gasteiger partial charge on any atom is 0.212 e. The van der Waals surface area contributed by atoms with Crippen molar-refractivity contribution in [1.82, 2.24) is 0 Å². The second-order valence-corrected chi connectivity index (χ2v) is 7.71. The van der Waals surface area contributed by atoms with E-state index in [2.05, 4.69) is 24.3 Å². The fourth-order valence-corrected chi connectivity index (χ4v) is 5.02. The summed E-state index contributed by atoms with van der Waals surface area (Å²) in [6.07, 6.45) is 2.18. The maximum atomic E-state index is 10.3. The number of nitrogens with zero attached hydrogens (tertiary/aromatic N) is 4. The van der Waals surface area contributed by atoms with E-state index >= 15 is 0 Å². The molecule has 2 bridgehead atoms. The number of rotatable bonds is 2. The van der Waals surface area contributed by atoms with Crippen molar-refractivity contribution in [2.45, 2.75) is 18.9 Å². The molecule has 144 valence electrons. The summed E-state index contributed by atoms with van der Waals surface area (Å²) in [5.41, 5.74) is -2.23. The van der Waals surface area contributed by atoms with E-state index in [0.29, 0.717) is 12.0 Å². The van der Waals surface area contributed by atoms with Gasteiger partial charge in [0.15, 0.2) is 5.41 Å². The molecular formula is C25H18N4O. The SMILES string of the molecule is Cc1ccccc1C1=C[C@]2(c3ccccc3)OCC[C@H]1C(C#N)(C#N)C2(C#N)C#N. The second kappa shape index (κ2) is 6.86. The van der Waals surface area contributed by atoms with Gasteiger partial charge >= 0.3 is 0 Å². The van der Waals surface area contributed by atoms with Crippen molar-refractivity contribution in [2.75, 3.05) is 6.61 Å². The number of benzene rings is 2. The van der Waals surface area contributed by atoms with Crippen LogP contribution in [0, 0.1) is 69.0 Å². The van der Waals surface area contributed by atoms with Gasteiger partial charge in [0.05, 0.1) is 24.3 Å².